The van der Waals surface area contributed by atoms with Crippen LogP contribution in [0, 0.1) is 0 Å². The smallest absolute Gasteiger partial charge is 0.237 e. The van der Waals surface area contributed by atoms with Crippen molar-refractivity contribution in [1.29, 1.82) is 0 Å². The van der Waals surface area contributed by atoms with Crippen LogP contribution < -0.4 is 11.1 Å². The van der Waals surface area contributed by atoms with E-state index in [2.05, 4.69) is 17.5 Å². The zero-order valence-electron chi connectivity index (χ0n) is 10.2. The number of rotatable bonds is 4. The summed E-state index contributed by atoms with van der Waals surface area (Å²) in [4.78, 5) is 11.9. The summed E-state index contributed by atoms with van der Waals surface area (Å²) in [7, 11) is 0. The predicted molar refractivity (Wildman–Crippen MR) is 70.1 cm³/mol. The summed E-state index contributed by atoms with van der Waals surface area (Å²) < 4.78 is 0. The lowest BCUT2D eigenvalue weighted by atomic mass is 10.1. The van der Waals surface area contributed by atoms with Gasteiger partial charge in [0.05, 0.1) is 6.04 Å². The van der Waals surface area contributed by atoms with Gasteiger partial charge in [-0.05, 0) is 37.0 Å². The highest BCUT2D eigenvalue weighted by Gasteiger charge is 2.18. The van der Waals surface area contributed by atoms with Crippen molar-refractivity contribution in [3.8, 4) is 5.75 Å². The largest absolute Gasteiger partial charge is 0.508 e. The lowest BCUT2D eigenvalue weighted by molar-refractivity contribution is -0.122. The van der Waals surface area contributed by atoms with Crippen molar-refractivity contribution in [2.24, 2.45) is 5.73 Å². The van der Waals surface area contributed by atoms with Gasteiger partial charge in [-0.15, -0.1) is 0 Å². The first-order chi connectivity index (χ1) is 8.65. The van der Waals surface area contributed by atoms with Crippen LogP contribution in [0.4, 0.5) is 0 Å². The number of nitrogens with one attached hydrogen (secondary N) is 1. The highest BCUT2D eigenvalue weighted by Crippen LogP contribution is 2.12. The Labute approximate surface area is 107 Å². The molecule has 4 N–H and O–H groups in total. The molecule has 1 aliphatic carbocycles. The summed E-state index contributed by atoms with van der Waals surface area (Å²) in [5.41, 5.74) is 6.81. The lowest BCUT2D eigenvalue weighted by Crippen LogP contribution is -2.45. The van der Waals surface area contributed by atoms with Gasteiger partial charge in [-0.3, -0.25) is 4.79 Å². The number of benzene rings is 1. The van der Waals surface area contributed by atoms with E-state index in [-0.39, 0.29) is 17.7 Å². The van der Waals surface area contributed by atoms with Crippen molar-refractivity contribution in [1.82, 2.24) is 5.32 Å². The van der Waals surface area contributed by atoms with Crippen LogP contribution in [-0.4, -0.2) is 23.1 Å². The molecule has 1 amide bonds. The van der Waals surface area contributed by atoms with E-state index in [0.717, 1.165) is 18.4 Å². The molecule has 96 valence electrons. The summed E-state index contributed by atoms with van der Waals surface area (Å²) >= 11 is 0. The zero-order valence-corrected chi connectivity index (χ0v) is 10.2. The SMILES string of the molecule is NC(Cc1ccc(O)cc1)C(=O)NC1CC=CC1. The van der Waals surface area contributed by atoms with Crippen molar-refractivity contribution >= 4 is 5.91 Å². The van der Waals surface area contributed by atoms with Crippen LogP contribution in [0.3, 0.4) is 0 Å². The molecular formula is C14H18N2O2. The van der Waals surface area contributed by atoms with Gasteiger partial charge in [0.2, 0.25) is 5.91 Å². The van der Waals surface area contributed by atoms with Crippen LogP contribution in [-0.2, 0) is 11.2 Å². The minimum atomic E-state index is -0.546. The summed E-state index contributed by atoms with van der Waals surface area (Å²) in [5.74, 6) is 0.102. The summed E-state index contributed by atoms with van der Waals surface area (Å²) in [6, 6.07) is 6.40. The van der Waals surface area contributed by atoms with E-state index in [1.165, 1.54) is 0 Å². The monoisotopic (exact) mass is 246 g/mol. The molecule has 0 aromatic heterocycles. The highest BCUT2D eigenvalue weighted by atomic mass is 16.3. The number of carbonyl (C=O) groups excluding carboxylic acids is 1. The second kappa shape index (κ2) is 5.69. The Morgan fingerprint density at radius 1 is 1.33 bits per heavy atom. The maximum absolute atomic E-state index is 11.9. The number of amides is 1. The van der Waals surface area contributed by atoms with Crippen LogP contribution in [0.2, 0.25) is 0 Å². The molecule has 4 nitrogen and oxygen atoms in total. The first kappa shape index (κ1) is 12.6. The second-order valence-electron chi connectivity index (χ2n) is 4.63. The van der Waals surface area contributed by atoms with Crippen molar-refractivity contribution in [2.45, 2.75) is 31.3 Å². The standard InChI is InChI=1S/C14H18N2O2/c15-13(9-10-5-7-12(17)8-6-10)14(18)16-11-3-1-2-4-11/h1-2,5-8,11,13,17H,3-4,9,15H2,(H,16,18). The summed E-state index contributed by atoms with van der Waals surface area (Å²) in [6.07, 6.45) is 6.38. The Morgan fingerprint density at radius 2 is 1.94 bits per heavy atom. The number of hydrogen-bond donors (Lipinski definition) is 3. The van der Waals surface area contributed by atoms with Gasteiger partial charge in [0, 0.05) is 6.04 Å². The molecule has 0 radical (unpaired) electrons. The Kier molecular flexibility index (Phi) is 3.99. The lowest BCUT2D eigenvalue weighted by Gasteiger charge is -2.16. The van der Waals surface area contributed by atoms with Gasteiger partial charge >= 0.3 is 0 Å². The molecule has 0 saturated carbocycles. The van der Waals surface area contributed by atoms with E-state index < -0.39 is 6.04 Å². The number of hydrogen-bond acceptors (Lipinski definition) is 3. The minimum absolute atomic E-state index is 0.114. The third-order valence-electron chi connectivity index (χ3n) is 3.08. The predicted octanol–water partition coefficient (Wildman–Crippen LogP) is 1.10. The zero-order chi connectivity index (χ0) is 13.0. The van der Waals surface area contributed by atoms with Gasteiger partial charge in [0.1, 0.15) is 5.75 Å². The summed E-state index contributed by atoms with van der Waals surface area (Å²) in [5, 5.41) is 12.1. The average Bonchev–Trinajstić information content (AvgIpc) is 2.85. The van der Waals surface area contributed by atoms with E-state index in [1.54, 1.807) is 24.3 Å². The molecular weight excluding hydrogens is 228 g/mol. The molecule has 0 heterocycles. The van der Waals surface area contributed by atoms with Crippen LogP contribution in [0.5, 0.6) is 5.75 Å². The molecule has 0 bridgehead atoms. The van der Waals surface area contributed by atoms with Gasteiger partial charge in [-0.25, -0.2) is 0 Å². The minimum Gasteiger partial charge on any atom is -0.508 e. The maximum atomic E-state index is 11.9. The van der Waals surface area contributed by atoms with Crippen LogP contribution >= 0.6 is 0 Å². The number of phenols is 1. The average molecular weight is 246 g/mol. The molecule has 1 aliphatic rings. The molecule has 1 unspecified atom stereocenters. The molecule has 1 aromatic rings. The first-order valence-electron chi connectivity index (χ1n) is 6.14. The molecule has 0 saturated heterocycles. The molecule has 0 fully saturated rings. The van der Waals surface area contributed by atoms with Crippen LogP contribution in [0.25, 0.3) is 0 Å². The first-order valence-corrected chi connectivity index (χ1v) is 6.14. The fraction of sp³-hybridized carbons (Fsp3) is 0.357. The van der Waals surface area contributed by atoms with Crippen molar-refractivity contribution in [3.05, 3.63) is 42.0 Å². The van der Waals surface area contributed by atoms with E-state index in [0.29, 0.717) is 6.42 Å². The number of phenolic OH excluding ortho intramolecular Hbond substituents is 1. The molecule has 4 heteroatoms. The normalized spacial score (nSPS) is 16.7. The maximum Gasteiger partial charge on any atom is 0.237 e. The molecule has 0 aliphatic heterocycles. The van der Waals surface area contributed by atoms with E-state index in [4.69, 9.17) is 5.73 Å². The third kappa shape index (κ3) is 3.34. The van der Waals surface area contributed by atoms with Crippen molar-refractivity contribution < 1.29 is 9.90 Å². The topological polar surface area (TPSA) is 75.3 Å². The molecule has 1 atom stereocenters. The fourth-order valence-corrected chi connectivity index (χ4v) is 2.02. The van der Waals surface area contributed by atoms with Crippen LogP contribution in [0.15, 0.2) is 36.4 Å². The molecule has 1 aromatic carbocycles. The fourth-order valence-electron chi connectivity index (χ4n) is 2.02. The van der Waals surface area contributed by atoms with Crippen molar-refractivity contribution in [3.63, 3.8) is 0 Å². The molecule has 18 heavy (non-hydrogen) atoms. The number of aromatic hydroxyl groups is 1. The highest BCUT2D eigenvalue weighted by molar-refractivity contribution is 5.82. The third-order valence-corrected chi connectivity index (χ3v) is 3.08. The molecule has 0 spiro atoms. The van der Waals surface area contributed by atoms with Gasteiger partial charge in [0.25, 0.3) is 0 Å². The van der Waals surface area contributed by atoms with Gasteiger partial charge in [-0.2, -0.15) is 0 Å². The van der Waals surface area contributed by atoms with Crippen molar-refractivity contribution in [2.75, 3.05) is 0 Å². The van der Waals surface area contributed by atoms with Gasteiger partial charge in [0.15, 0.2) is 0 Å². The van der Waals surface area contributed by atoms with Gasteiger partial charge < -0.3 is 16.2 Å². The molecule has 2 rings (SSSR count). The summed E-state index contributed by atoms with van der Waals surface area (Å²) in [6.45, 7) is 0. The number of carbonyl (C=O) groups is 1. The van der Waals surface area contributed by atoms with E-state index in [1.807, 2.05) is 0 Å². The Morgan fingerprint density at radius 3 is 2.56 bits per heavy atom. The Bertz CT molecular complexity index is 432. The Hall–Kier alpha value is -1.81. The second-order valence-corrected chi connectivity index (χ2v) is 4.63. The number of nitrogens with two attached hydrogens (primary N) is 1. The quantitative estimate of drug-likeness (QED) is 0.696. The van der Waals surface area contributed by atoms with E-state index in [9.17, 15) is 9.90 Å². The van der Waals surface area contributed by atoms with E-state index >= 15 is 0 Å². The van der Waals surface area contributed by atoms with Gasteiger partial charge in [-0.1, -0.05) is 24.3 Å². The van der Waals surface area contributed by atoms with Crippen LogP contribution in [0.1, 0.15) is 18.4 Å². The Balaban J connectivity index is 1.84.